The number of amides is 2. The molecule has 150 valence electrons. The van der Waals surface area contributed by atoms with E-state index in [1.807, 2.05) is 0 Å². The molecular formula is C22H35N3O2. The van der Waals surface area contributed by atoms with Crippen LogP contribution in [0.2, 0.25) is 0 Å². The third-order valence-electron chi connectivity index (χ3n) is 5.87. The van der Waals surface area contributed by atoms with E-state index in [1.165, 1.54) is 18.4 Å². The fourth-order valence-corrected chi connectivity index (χ4v) is 4.52. The SMILES string of the molecule is CC(C)CN1CCOC(CNC(=O)NCC2(c3ccccc3)CCCC2)C1. The lowest BCUT2D eigenvalue weighted by Gasteiger charge is -2.34. The maximum Gasteiger partial charge on any atom is 0.314 e. The number of morpholine rings is 1. The molecular weight excluding hydrogens is 338 g/mol. The Labute approximate surface area is 163 Å². The van der Waals surface area contributed by atoms with Crippen LogP contribution in [0.1, 0.15) is 45.1 Å². The van der Waals surface area contributed by atoms with Crippen molar-refractivity contribution in [1.82, 2.24) is 15.5 Å². The molecule has 0 bridgehead atoms. The number of carbonyl (C=O) groups is 1. The van der Waals surface area contributed by atoms with Crippen LogP contribution in [0, 0.1) is 5.92 Å². The van der Waals surface area contributed by atoms with Crippen molar-refractivity contribution in [2.24, 2.45) is 5.92 Å². The summed E-state index contributed by atoms with van der Waals surface area (Å²) < 4.78 is 5.82. The van der Waals surface area contributed by atoms with Gasteiger partial charge >= 0.3 is 6.03 Å². The highest BCUT2D eigenvalue weighted by Gasteiger charge is 2.35. The average molecular weight is 374 g/mol. The first kappa shape index (κ1) is 20.2. The molecule has 2 aliphatic rings. The summed E-state index contributed by atoms with van der Waals surface area (Å²) >= 11 is 0. The maximum atomic E-state index is 12.4. The first-order valence-corrected chi connectivity index (χ1v) is 10.5. The molecule has 0 aromatic heterocycles. The van der Waals surface area contributed by atoms with E-state index in [0.717, 1.165) is 39.1 Å². The van der Waals surface area contributed by atoms with Crippen molar-refractivity contribution < 1.29 is 9.53 Å². The van der Waals surface area contributed by atoms with E-state index in [1.54, 1.807) is 0 Å². The van der Waals surface area contributed by atoms with Gasteiger partial charge in [-0.15, -0.1) is 0 Å². The van der Waals surface area contributed by atoms with Crippen LogP contribution in [0.15, 0.2) is 30.3 Å². The number of hydrogen-bond acceptors (Lipinski definition) is 3. The minimum Gasteiger partial charge on any atom is -0.374 e. The van der Waals surface area contributed by atoms with Crippen LogP contribution in [0.25, 0.3) is 0 Å². The highest BCUT2D eigenvalue weighted by atomic mass is 16.5. The molecule has 0 radical (unpaired) electrons. The number of carbonyl (C=O) groups excluding carboxylic acids is 1. The molecule has 5 heteroatoms. The smallest absolute Gasteiger partial charge is 0.314 e. The zero-order valence-electron chi connectivity index (χ0n) is 16.9. The number of benzene rings is 1. The van der Waals surface area contributed by atoms with E-state index in [9.17, 15) is 4.79 Å². The van der Waals surface area contributed by atoms with Crippen LogP contribution in [-0.2, 0) is 10.2 Å². The molecule has 1 atom stereocenters. The second-order valence-corrected chi connectivity index (χ2v) is 8.56. The van der Waals surface area contributed by atoms with Crippen LogP contribution in [0.5, 0.6) is 0 Å². The standard InChI is InChI=1S/C22H35N3O2/c1-18(2)15-25-12-13-27-20(16-25)14-23-21(26)24-17-22(10-6-7-11-22)19-8-4-3-5-9-19/h3-5,8-9,18,20H,6-7,10-17H2,1-2H3,(H2,23,24,26). The number of ether oxygens (including phenoxy) is 1. The van der Waals surface area contributed by atoms with Crippen LogP contribution in [-0.4, -0.2) is 56.4 Å². The molecule has 1 aliphatic carbocycles. The maximum absolute atomic E-state index is 12.4. The van der Waals surface area contributed by atoms with E-state index in [-0.39, 0.29) is 17.6 Å². The van der Waals surface area contributed by atoms with Crippen LogP contribution in [0.3, 0.4) is 0 Å². The van der Waals surface area contributed by atoms with Crippen molar-refractivity contribution in [1.29, 1.82) is 0 Å². The number of rotatable bonds is 7. The number of nitrogens with zero attached hydrogens (tertiary/aromatic N) is 1. The van der Waals surface area contributed by atoms with Gasteiger partial charge in [0.2, 0.25) is 0 Å². The topological polar surface area (TPSA) is 53.6 Å². The van der Waals surface area contributed by atoms with Gasteiger partial charge in [-0.25, -0.2) is 4.79 Å². The van der Waals surface area contributed by atoms with Crippen molar-refractivity contribution in [2.75, 3.05) is 39.3 Å². The summed E-state index contributed by atoms with van der Waals surface area (Å²) in [5.41, 5.74) is 1.44. The van der Waals surface area contributed by atoms with Gasteiger partial charge in [0.25, 0.3) is 0 Å². The molecule has 5 nitrogen and oxygen atoms in total. The Morgan fingerprint density at radius 3 is 2.67 bits per heavy atom. The summed E-state index contributed by atoms with van der Waals surface area (Å²) in [5.74, 6) is 0.653. The van der Waals surface area contributed by atoms with Gasteiger partial charge in [0.15, 0.2) is 0 Å². The normalized spacial score (nSPS) is 22.7. The minimum atomic E-state index is -0.0817. The molecule has 2 amide bonds. The zero-order valence-corrected chi connectivity index (χ0v) is 16.9. The number of urea groups is 1. The predicted octanol–water partition coefficient (Wildman–Crippen LogP) is 3.15. The molecule has 3 rings (SSSR count). The average Bonchev–Trinajstić information content (AvgIpc) is 3.15. The lowest BCUT2D eigenvalue weighted by molar-refractivity contribution is -0.0290. The lowest BCUT2D eigenvalue weighted by atomic mass is 9.79. The second kappa shape index (κ2) is 9.56. The molecule has 1 aromatic rings. The Kier molecular flexibility index (Phi) is 7.13. The van der Waals surface area contributed by atoms with Gasteiger partial charge in [0.1, 0.15) is 0 Å². The largest absolute Gasteiger partial charge is 0.374 e. The highest BCUT2D eigenvalue weighted by molar-refractivity contribution is 5.74. The molecule has 2 N–H and O–H groups in total. The Bertz CT molecular complexity index is 584. The summed E-state index contributed by atoms with van der Waals surface area (Å²) in [6.07, 6.45) is 4.85. The minimum absolute atomic E-state index is 0.0813. The van der Waals surface area contributed by atoms with Crippen molar-refractivity contribution in [3.8, 4) is 0 Å². The summed E-state index contributed by atoms with van der Waals surface area (Å²) in [6, 6.07) is 10.6. The number of nitrogens with one attached hydrogen (secondary N) is 2. The van der Waals surface area contributed by atoms with E-state index < -0.39 is 0 Å². The molecule has 1 saturated heterocycles. The summed E-state index contributed by atoms with van der Waals surface area (Å²) in [4.78, 5) is 14.8. The quantitative estimate of drug-likeness (QED) is 0.772. The molecule has 0 spiro atoms. The Hall–Kier alpha value is -1.59. The number of hydrogen-bond donors (Lipinski definition) is 2. The zero-order chi connectivity index (χ0) is 19.1. The van der Waals surface area contributed by atoms with Crippen molar-refractivity contribution in [3.63, 3.8) is 0 Å². The fourth-order valence-electron chi connectivity index (χ4n) is 4.52. The van der Waals surface area contributed by atoms with Crippen molar-refractivity contribution in [2.45, 2.75) is 51.0 Å². The molecule has 1 heterocycles. The molecule has 1 aromatic carbocycles. The van der Waals surface area contributed by atoms with Crippen molar-refractivity contribution >= 4 is 6.03 Å². The summed E-state index contributed by atoms with van der Waals surface area (Å²) in [7, 11) is 0. The van der Waals surface area contributed by atoms with Crippen LogP contribution >= 0.6 is 0 Å². The third kappa shape index (κ3) is 5.69. The van der Waals surface area contributed by atoms with Gasteiger partial charge in [-0.1, -0.05) is 57.0 Å². The van der Waals surface area contributed by atoms with E-state index in [0.29, 0.717) is 19.0 Å². The molecule has 1 unspecified atom stereocenters. The molecule has 1 saturated carbocycles. The van der Waals surface area contributed by atoms with Gasteiger partial charge in [-0.3, -0.25) is 4.90 Å². The van der Waals surface area contributed by atoms with Gasteiger partial charge < -0.3 is 15.4 Å². The van der Waals surface area contributed by atoms with Gasteiger partial charge in [-0.05, 0) is 24.3 Å². The van der Waals surface area contributed by atoms with Gasteiger partial charge in [-0.2, -0.15) is 0 Å². The lowest BCUT2D eigenvalue weighted by Crippen LogP contribution is -2.50. The Morgan fingerprint density at radius 2 is 1.96 bits per heavy atom. The van der Waals surface area contributed by atoms with E-state index in [2.05, 4.69) is 59.7 Å². The highest BCUT2D eigenvalue weighted by Crippen LogP contribution is 2.40. The van der Waals surface area contributed by atoms with Crippen LogP contribution < -0.4 is 10.6 Å². The first-order chi connectivity index (χ1) is 13.1. The van der Waals surface area contributed by atoms with E-state index >= 15 is 0 Å². The van der Waals surface area contributed by atoms with Crippen molar-refractivity contribution in [3.05, 3.63) is 35.9 Å². The predicted molar refractivity (Wildman–Crippen MR) is 109 cm³/mol. The monoisotopic (exact) mass is 373 g/mol. The second-order valence-electron chi connectivity index (χ2n) is 8.56. The Morgan fingerprint density at radius 1 is 1.22 bits per heavy atom. The fraction of sp³-hybridized carbons (Fsp3) is 0.682. The van der Waals surface area contributed by atoms with Crippen LogP contribution in [0.4, 0.5) is 4.79 Å². The van der Waals surface area contributed by atoms with E-state index in [4.69, 9.17) is 4.74 Å². The molecule has 27 heavy (non-hydrogen) atoms. The Balaban J connectivity index is 1.45. The molecule has 2 fully saturated rings. The first-order valence-electron chi connectivity index (χ1n) is 10.5. The summed E-state index contributed by atoms with van der Waals surface area (Å²) in [5, 5.41) is 6.14. The summed E-state index contributed by atoms with van der Waals surface area (Å²) in [6.45, 7) is 9.46. The van der Waals surface area contributed by atoms with Gasteiger partial charge in [0, 0.05) is 38.1 Å². The molecule has 1 aliphatic heterocycles. The third-order valence-corrected chi connectivity index (χ3v) is 5.87. The van der Waals surface area contributed by atoms with Gasteiger partial charge in [0.05, 0.1) is 12.7 Å².